The molecule has 2 rings (SSSR count). The summed E-state index contributed by atoms with van der Waals surface area (Å²) in [6.45, 7) is -0.192. The molecule has 0 saturated heterocycles. The second-order valence-corrected chi connectivity index (χ2v) is 6.42. The number of hydrogen-bond donors (Lipinski definition) is 1. The summed E-state index contributed by atoms with van der Waals surface area (Å²) in [6, 6.07) is 3.74. The minimum atomic E-state index is -4.06. The van der Waals surface area contributed by atoms with Crippen LogP contribution in [0.3, 0.4) is 0 Å². The van der Waals surface area contributed by atoms with Crippen molar-refractivity contribution < 1.29 is 17.2 Å². The Morgan fingerprint density at radius 2 is 1.82 bits per heavy atom. The van der Waals surface area contributed by atoms with Crippen LogP contribution in [0.5, 0.6) is 0 Å². The highest BCUT2D eigenvalue weighted by molar-refractivity contribution is 7.89. The molecule has 0 atom stereocenters. The van der Waals surface area contributed by atoms with Crippen LogP contribution >= 0.6 is 0 Å². The van der Waals surface area contributed by atoms with Gasteiger partial charge in [0.1, 0.15) is 23.3 Å². The molecule has 0 radical (unpaired) electrons. The van der Waals surface area contributed by atoms with Gasteiger partial charge in [0, 0.05) is 26.4 Å². The zero-order valence-electron chi connectivity index (χ0n) is 11.9. The van der Waals surface area contributed by atoms with Crippen LogP contribution in [0.15, 0.2) is 35.4 Å². The second kappa shape index (κ2) is 6.32. The van der Waals surface area contributed by atoms with Crippen LogP contribution in [0.4, 0.5) is 14.6 Å². The van der Waals surface area contributed by atoms with E-state index in [-0.39, 0.29) is 12.4 Å². The van der Waals surface area contributed by atoms with Crippen molar-refractivity contribution in [1.82, 2.24) is 14.7 Å². The molecule has 0 amide bonds. The highest BCUT2D eigenvalue weighted by atomic mass is 32.2. The van der Waals surface area contributed by atoms with E-state index in [1.54, 1.807) is 25.1 Å². The Balaban J connectivity index is 2.17. The maximum Gasteiger partial charge on any atom is 0.241 e. The lowest BCUT2D eigenvalue weighted by atomic mass is 10.3. The van der Waals surface area contributed by atoms with Crippen molar-refractivity contribution in [1.29, 1.82) is 0 Å². The summed E-state index contributed by atoms with van der Waals surface area (Å²) < 4.78 is 52.4. The first kappa shape index (κ1) is 16.2. The molecule has 0 bridgehead atoms. The van der Waals surface area contributed by atoms with Crippen molar-refractivity contribution >= 4 is 15.8 Å². The summed E-state index contributed by atoms with van der Waals surface area (Å²) in [4.78, 5) is 9.33. The predicted octanol–water partition coefficient (Wildman–Crippen LogP) is 1.30. The molecule has 0 aliphatic carbocycles. The molecule has 1 aromatic heterocycles. The van der Waals surface area contributed by atoms with E-state index in [4.69, 9.17) is 0 Å². The number of hydrogen-bond acceptors (Lipinski definition) is 5. The van der Waals surface area contributed by atoms with Crippen molar-refractivity contribution in [3.8, 4) is 0 Å². The number of aromatic nitrogens is 2. The molecule has 1 aromatic carbocycles. The molecule has 1 heterocycles. The van der Waals surface area contributed by atoms with E-state index in [0.29, 0.717) is 11.9 Å². The van der Waals surface area contributed by atoms with E-state index in [9.17, 15) is 17.2 Å². The third-order valence-electron chi connectivity index (χ3n) is 2.72. The molecule has 0 aliphatic rings. The van der Waals surface area contributed by atoms with Gasteiger partial charge in [0.2, 0.25) is 10.0 Å². The molecule has 0 saturated carbocycles. The average Bonchev–Trinajstić information content (AvgIpc) is 2.44. The zero-order chi connectivity index (χ0) is 16.3. The Bertz CT molecular complexity index is 761. The number of halogens is 2. The fourth-order valence-corrected chi connectivity index (χ4v) is 2.67. The van der Waals surface area contributed by atoms with Crippen molar-refractivity contribution in [3.05, 3.63) is 47.9 Å². The van der Waals surface area contributed by atoms with E-state index in [2.05, 4.69) is 14.7 Å². The van der Waals surface area contributed by atoms with Gasteiger partial charge in [-0.15, -0.1) is 0 Å². The van der Waals surface area contributed by atoms with Gasteiger partial charge in [0.25, 0.3) is 0 Å². The molecule has 0 fully saturated rings. The number of rotatable bonds is 5. The largest absolute Gasteiger partial charge is 0.363 e. The quantitative estimate of drug-likeness (QED) is 0.895. The Morgan fingerprint density at radius 3 is 2.41 bits per heavy atom. The fourth-order valence-electron chi connectivity index (χ4n) is 1.65. The Kier molecular flexibility index (Phi) is 4.67. The molecule has 9 heteroatoms. The summed E-state index contributed by atoms with van der Waals surface area (Å²) in [5.41, 5.74) is 0. The van der Waals surface area contributed by atoms with Gasteiger partial charge < -0.3 is 4.90 Å². The predicted molar refractivity (Wildman–Crippen MR) is 76.7 cm³/mol. The number of sulfonamides is 1. The van der Waals surface area contributed by atoms with Crippen molar-refractivity contribution in [2.45, 2.75) is 11.4 Å². The fraction of sp³-hybridized carbons (Fsp3) is 0.231. The second-order valence-electron chi connectivity index (χ2n) is 4.66. The topological polar surface area (TPSA) is 75.2 Å². The van der Waals surface area contributed by atoms with Crippen LogP contribution in [0.2, 0.25) is 0 Å². The minimum absolute atomic E-state index is 0.192. The maximum absolute atomic E-state index is 13.1. The highest BCUT2D eigenvalue weighted by Gasteiger charge is 2.17. The molecule has 1 N–H and O–H groups in total. The van der Waals surface area contributed by atoms with Gasteiger partial charge in [0.05, 0.1) is 11.4 Å². The Hall–Kier alpha value is -2.13. The summed E-state index contributed by atoms with van der Waals surface area (Å²) in [5.74, 6) is -1.08. The van der Waals surface area contributed by atoms with Crippen molar-refractivity contribution in [3.63, 3.8) is 0 Å². The van der Waals surface area contributed by atoms with Gasteiger partial charge in [-0.2, -0.15) is 0 Å². The monoisotopic (exact) mass is 328 g/mol. The molecule has 6 nitrogen and oxygen atoms in total. The molecule has 0 aliphatic heterocycles. The lowest BCUT2D eigenvalue weighted by Crippen LogP contribution is -2.25. The van der Waals surface area contributed by atoms with Crippen molar-refractivity contribution in [2.75, 3.05) is 19.0 Å². The molecule has 22 heavy (non-hydrogen) atoms. The molecule has 2 aromatic rings. The lowest BCUT2D eigenvalue weighted by molar-refractivity contribution is 0.560. The molecular weight excluding hydrogens is 314 g/mol. The first-order chi connectivity index (χ1) is 10.3. The molecular formula is C13H14F2N4O2S. The van der Waals surface area contributed by atoms with Gasteiger partial charge in [-0.25, -0.2) is 31.9 Å². The van der Waals surface area contributed by atoms with Crippen molar-refractivity contribution in [2.24, 2.45) is 0 Å². The Labute approximate surface area is 126 Å². The number of anilines is 1. The highest BCUT2D eigenvalue weighted by Crippen LogP contribution is 2.14. The maximum atomic E-state index is 13.1. The first-order valence-corrected chi connectivity index (χ1v) is 7.71. The van der Waals surface area contributed by atoms with Crippen LogP contribution in [-0.4, -0.2) is 32.5 Å². The van der Waals surface area contributed by atoms with E-state index in [1.807, 2.05) is 0 Å². The number of nitrogens with zero attached hydrogens (tertiary/aromatic N) is 3. The molecule has 0 unspecified atom stereocenters. The van der Waals surface area contributed by atoms with Crippen LogP contribution in [-0.2, 0) is 16.6 Å². The summed E-state index contributed by atoms with van der Waals surface area (Å²) in [6.07, 6.45) is 1.49. The third-order valence-corrected chi connectivity index (χ3v) is 4.10. The smallest absolute Gasteiger partial charge is 0.241 e. The standard InChI is InChI=1S/C13H14F2N4O2S/c1-19(2)13-3-4-16-12(18-13)8-17-22(20,21)11-6-9(14)5-10(15)7-11/h3-7,17H,8H2,1-2H3. The normalized spacial score (nSPS) is 11.5. The van der Waals surface area contributed by atoms with Gasteiger partial charge in [-0.05, 0) is 18.2 Å². The molecule has 118 valence electrons. The summed E-state index contributed by atoms with van der Waals surface area (Å²) >= 11 is 0. The molecule has 0 spiro atoms. The van der Waals surface area contributed by atoms with E-state index < -0.39 is 26.6 Å². The number of benzene rings is 1. The van der Waals surface area contributed by atoms with Gasteiger partial charge in [-0.1, -0.05) is 0 Å². The van der Waals surface area contributed by atoms with E-state index in [1.165, 1.54) is 6.20 Å². The third kappa shape index (κ3) is 3.95. The zero-order valence-corrected chi connectivity index (χ0v) is 12.7. The van der Waals surface area contributed by atoms with Crippen LogP contribution in [0.1, 0.15) is 5.82 Å². The average molecular weight is 328 g/mol. The lowest BCUT2D eigenvalue weighted by Gasteiger charge is -2.12. The SMILES string of the molecule is CN(C)c1ccnc(CNS(=O)(=O)c2cc(F)cc(F)c2)n1. The van der Waals surface area contributed by atoms with Crippen LogP contribution < -0.4 is 9.62 Å². The van der Waals surface area contributed by atoms with Crippen LogP contribution in [0.25, 0.3) is 0 Å². The van der Waals surface area contributed by atoms with E-state index in [0.717, 1.165) is 12.1 Å². The summed E-state index contributed by atoms with van der Waals surface area (Å²) in [7, 11) is -0.493. The first-order valence-electron chi connectivity index (χ1n) is 6.23. The van der Waals surface area contributed by atoms with Crippen LogP contribution in [0, 0.1) is 11.6 Å². The summed E-state index contributed by atoms with van der Waals surface area (Å²) in [5, 5.41) is 0. The number of nitrogens with one attached hydrogen (secondary N) is 1. The van der Waals surface area contributed by atoms with E-state index >= 15 is 0 Å². The Morgan fingerprint density at radius 1 is 1.18 bits per heavy atom. The van der Waals surface area contributed by atoms with Gasteiger partial charge in [-0.3, -0.25) is 0 Å². The van der Waals surface area contributed by atoms with Gasteiger partial charge >= 0.3 is 0 Å². The van der Waals surface area contributed by atoms with Gasteiger partial charge in [0.15, 0.2) is 0 Å². The minimum Gasteiger partial charge on any atom is -0.363 e.